The average molecular weight is 177 g/mol. The maximum atomic E-state index is 6.01. The Bertz CT molecular complexity index is 108. The van der Waals surface area contributed by atoms with Gasteiger partial charge in [-0.1, -0.05) is 6.92 Å². The highest BCUT2D eigenvalue weighted by molar-refractivity contribution is 6.20. The zero-order valence-electron chi connectivity index (χ0n) is 7.35. The van der Waals surface area contributed by atoms with Crippen molar-refractivity contribution in [1.29, 1.82) is 0 Å². The van der Waals surface area contributed by atoms with Gasteiger partial charge in [-0.15, -0.1) is 11.6 Å². The summed E-state index contributed by atoms with van der Waals surface area (Å²) >= 11 is 6.01. The first-order valence-electron chi connectivity index (χ1n) is 4.43. The summed E-state index contributed by atoms with van der Waals surface area (Å²) in [7, 11) is 0. The first kappa shape index (κ1) is 9.34. The molecule has 0 aromatic rings. The van der Waals surface area contributed by atoms with Crippen LogP contribution in [0, 0.1) is 11.8 Å². The quantitative estimate of drug-likeness (QED) is 0.588. The van der Waals surface area contributed by atoms with Gasteiger partial charge >= 0.3 is 0 Å². The molecule has 0 aromatic heterocycles. The fraction of sp³-hybridized carbons (Fsp3) is 1.00. The van der Waals surface area contributed by atoms with Gasteiger partial charge in [-0.2, -0.15) is 0 Å². The van der Waals surface area contributed by atoms with Crippen LogP contribution in [0.4, 0.5) is 0 Å². The van der Waals surface area contributed by atoms with E-state index in [1.165, 1.54) is 12.8 Å². The molecule has 1 saturated heterocycles. The molecule has 3 atom stereocenters. The minimum absolute atomic E-state index is 0.279. The van der Waals surface area contributed by atoms with Gasteiger partial charge in [0.05, 0.1) is 0 Å². The molecule has 0 amide bonds. The molecule has 0 aliphatic carbocycles. The van der Waals surface area contributed by atoms with Gasteiger partial charge in [0.15, 0.2) is 0 Å². The normalized spacial score (nSPS) is 31.4. The molecule has 0 aromatic carbocycles. The maximum absolute atomic E-state index is 6.01. The summed E-state index contributed by atoms with van der Waals surface area (Å²) in [5.74, 6) is 1.29. The minimum atomic E-state index is 0.279. The minimum Gasteiger partial charge on any atom is -0.381 e. The Kier molecular flexibility index (Phi) is 3.67. The summed E-state index contributed by atoms with van der Waals surface area (Å²) in [5, 5.41) is 0.279. The van der Waals surface area contributed by atoms with E-state index in [-0.39, 0.29) is 5.38 Å². The molecule has 66 valence electrons. The van der Waals surface area contributed by atoms with Gasteiger partial charge in [-0.25, -0.2) is 0 Å². The van der Waals surface area contributed by atoms with Gasteiger partial charge in [0.2, 0.25) is 0 Å². The molecule has 0 bridgehead atoms. The van der Waals surface area contributed by atoms with Crippen molar-refractivity contribution in [3.8, 4) is 0 Å². The summed E-state index contributed by atoms with van der Waals surface area (Å²) < 4.78 is 5.39. The largest absolute Gasteiger partial charge is 0.381 e. The van der Waals surface area contributed by atoms with Crippen LogP contribution < -0.4 is 0 Å². The third-order valence-corrected chi connectivity index (χ3v) is 3.06. The molecule has 2 heteroatoms. The lowest BCUT2D eigenvalue weighted by molar-refractivity contribution is 0.0340. The van der Waals surface area contributed by atoms with Crippen molar-refractivity contribution in [3.63, 3.8) is 0 Å². The lowest BCUT2D eigenvalue weighted by Gasteiger charge is -2.29. The Morgan fingerprint density at radius 3 is 2.64 bits per heavy atom. The topological polar surface area (TPSA) is 9.23 Å². The van der Waals surface area contributed by atoms with Crippen LogP contribution in [0.2, 0.25) is 0 Å². The van der Waals surface area contributed by atoms with E-state index >= 15 is 0 Å². The average Bonchev–Trinajstić information content (AvgIpc) is 2.05. The second-order valence-electron chi connectivity index (χ2n) is 3.51. The van der Waals surface area contributed by atoms with Crippen molar-refractivity contribution >= 4 is 11.6 Å². The molecule has 1 nitrogen and oxygen atoms in total. The summed E-state index contributed by atoms with van der Waals surface area (Å²) in [6, 6.07) is 0. The number of halogens is 1. The molecule has 1 aliphatic heterocycles. The maximum Gasteiger partial charge on any atom is 0.0497 e. The second-order valence-corrected chi connectivity index (χ2v) is 4.20. The van der Waals surface area contributed by atoms with Crippen LogP contribution in [-0.4, -0.2) is 18.6 Å². The molecule has 3 unspecified atom stereocenters. The molecule has 1 fully saturated rings. The van der Waals surface area contributed by atoms with Gasteiger partial charge in [0.1, 0.15) is 0 Å². The number of alkyl halides is 1. The summed E-state index contributed by atoms with van der Waals surface area (Å²) in [6.45, 7) is 6.15. The van der Waals surface area contributed by atoms with Gasteiger partial charge in [-0.3, -0.25) is 0 Å². The predicted molar refractivity (Wildman–Crippen MR) is 48.0 cm³/mol. The van der Waals surface area contributed by atoms with Gasteiger partial charge < -0.3 is 4.74 Å². The van der Waals surface area contributed by atoms with E-state index in [4.69, 9.17) is 16.3 Å². The molecule has 11 heavy (non-hydrogen) atoms. The van der Waals surface area contributed by atoms with Crippen LogP contribution >= 0.6 is 11.6 Å². The number of hydrogen-bond acceptors (Lipinski definition) is 1. The predicted octanol–water partition coefficient (Wildman–Crippen LogP) is 2.68. The standard InChI is InChI=1S/C9H17ClO/c1-7(8(2)10)9-4-3-5-11-6-9/h7-9H,3-6H2,1-2H3. The number of ether oxygens (including phenoxy) is 1. The van der Waals surface area contributed by atoms with E-state index in [0.717, 1.165) is 13.2 Å². The first-order chi connectivity index (χ1) is 5.22. The van der Waals surface area contributed by atoms with Crippen molar-refractivity contribution in [2.24, 2.45) is 11.8 Å². The van der Waals surface area contributed by atoms with Crippen molar-refractivity contribution < 1.29 is 4.74 Å². The third-order valence-electron chi connectivity index (χ3n) is 2.66. The zero-order valence-corrected chi connectivity index (χ0v) is 8.10. The van der Waals surface area contributed by atoms with Gasteiger partial charge in [-0.05, 0) is 31.6 Å². The zero-order chi connectivity index (χ0) is 8.27. The Hall–Kier alpha value is 0.250. The molecule has 1 rings (SSSR count). The smallest absolute Gasteiger partial charge is 0.0497 e. The lowest BCUT2D eigenvalue weighted by atomic mass is 9.87. The molecule has 1 heterocycles. The van der Waals surface area contributed by atoms with E-state index in [1.807, 2.05) is 0 Å². The van der Waals surface area contributed by atoms with E-state index in [2.05, 4.69) is 13.8 Å². The SMILES string of the molecule is CC(Cl)C(C)C1CCCOC1. The molecular formula is C9H17ClO. The van der Waals surface area contributed by atoms with Crippen LogP contribution in [0.25, 0.3) is 0 Å². The van der Waals surface area contributed by atoms with E-state index in [1.54, 1.807) is 0 Å². The Labute approximate surface area is 74.1 Å². The monoisotopic (exact) mass is 176 g/mol. The molecular weight excluding hydrogens is 160 g/mol. The van der Waals surface area contributed by atoms with Crippen LogP contribution in [0.1, 0.15) is 26.7 Å². The molecule has 0 N–H and O–H groups in total. The van der Waals surface area contributed by atoms with Gasteiger partial charge in [0, 0.05) is 18.6 Å². The summed E-state index contributed by atoms with van der Waals surface area (Å²) in [4.78, 5) is 0. The van der Waals surface area contributed by atoms with E-state index in [0.29, 0.717) is 11.8 Å². The lowest BCUT2D eigenvalue weighted by Crippen LogP contribution is -2.27. The van der Waals surface area contributed by atoms with Crippen molar-refractivity contribution in [3.05, 3.63) is 0 Å². The fourth-order valence-electron chi connectivity index (χ4n) is 1.56. The van der Waals surface area contributed by atoms with Crippen LogP contribution in [-0.2, 0) is 4.74 Å². The van der Waals surface area contributed by atoms with Crippen LogP contribution in [0.3, 0.4) is 0 Å². The second kappa shape index (κ2) is 4.32. The van der Waals surface area contributed by atoms with Crippen LogP contribution in [0.5, 0.6) is 0 Å². The van der Waals surface area contributed by atoms with Crippen molar-refractivity contribution in [2.45, 2.75) is 32.1 Å². The molecule has 1 aliphatic rings. The highest BCUT2D eigenvalue weighted by atomic mass is 35.5. The highest BCUT2D eigenvalue weighted by Crippen LogP contribution is 2.26. The number of rotatable bonds is 2. The Balaban J connectivity index is 2.32. The number of hydrogen-bond donors (Lipinski definition) is 0. The molecule has 0 spiro atoms. The summed E-state index contributed by atoms with van der Waals surface area (Å²) in [5.41, 5.74) is 0. The Morgan fingerprint density at radius 1 is 1.45 bits per heavy atom. The molecule has 0 saturated carbocycles. The first-order valence-corrected chi connectivity index (χ1v) is 4.87. The van der Waals surface area contributed by atoms with E-state index < -0.39 is 0 Å². The van der Waals surface area contributed by atoms with Crippen molar-refractivity contribution in [2.75, 3.05) is 13.2 Å². The highest BCUT2D eigenvalue weighted by Gasteiger charge is 2.23. The third kappa shape index (κ3) is 2.64. The Morgan fingerprint density at radius 2 is 2.18 bits per heavy atom. The van der Waals surface area contributed by atoms with Crippen LogP contribution in [0.15, 0.2) is 0 Å². The van der Waals surface area contributed by atoms with Crippen molar-refractivity contribution in [1.82, 2.24) is 0 Å². The molecule has 0 radical (unpaired) electrons. The fourth-order valence-corrected chi connectivity index (χ4v) is 1.76. The van der Waals surface area contributed by atoms with E-state index in [9.17, 15) is 0 Å². The van der Waals surface area contributed by atoms with Gasteiger partial charge in [0.25, 0.3) is 0 Å². The summed E-state index contributed by atoms with van der Waals surface area (Å²) in [6.07, 6.45) is 2.50.